The molecule has 1 aromatic heterocycles. The van der Waals surface area contributed by atoms with Gasteiger partial charge >= 0.3 is 0 Å². The van der Waals surface area contributed by atoms with E-state index in [1.54, 1.807) is 24.3 Å². The molecule has 0 saturated carbocycles. The van der Waals surface area contributed by atoms with Gasteiger partial charge in [-0.3, -0.25) is 14.2 Å². The van der Waals surface area contributed by atoms with Crippen LogP contribution in [0.2, 0.25) is 0 Å². The van der Waals surface area contributed by atoms with Gasteiger partial charge in [0.25, 0.3) is 0 Å². The zero-order valence-corrected chi connectivity index (χ0v) is 21.9. The molecule has 0 spiro atoms. The van der Waals surface area contributed by atoms with Crippen molar-refractivity contribution >= 4 is 35.1 Å². The molecule has 190 valence electrons. The number of nitrogens with zero attached hydrogens (tertiary/aromatic N) is 4. The maximum absolute atomic E-state index is 12.9. The Kier molecular flexibility index (Phi) is 8.83. The van der Waals surface area contributed by atoms with Crippen molar-refractivity contribution in [3.05, 3.63) is 29.8 Å². The molecule has 0 bridgehead atoms. The number of aromatic nitrogens is 3. The topological polar surface area (TPSA) is 89.4 Å². The summed E-state index contributed by atoms with van der Waals surface area (Å²) in [5.74, 6) is 2.22. The monoisotopic (exact) mass is 499 g/mol. The van der Waals surface area contributed by atoms with Crippen LogP contribution in [0.15, 0.2) is 29.4 Å². The summed E-state index contributed by atoms with van der Waals surface area (Å²) in [6.45, 7) is 9.80. The third-order valence-corrected chi connectivity index (χ3v) is 7.56. The lowest BCUT2D eigenvalue weighted by molar-refractivity contribution is -0.116. The van der Waals surface area contributed by atoms with Crippen molar-refractivity contribution in [3.8, 4) is 0 Å². The molecule has 1 aromatic carbocycles. The van der Waals surface area contributed by atoms with Crippen LogP contribution in [-0.2, 0) is 16.1 Å². The van der Waals surface area contributed by atoms with Gasteiger partial charge < -0.3 is 15.0 Å². The van der Waals surface area contributed by atoms with Crippen LogP contribution in [0.1, 0.15) is 63.2 Å². The van der Waals surface area contributed by atoms with Gasteiger partial charge in [0, 0.05) is 37.4 Å². The second-order valence-electron chi connectivity index (χ2n) is 10.1. The normalized spacial score (nSPS) is 18.9. The molecule has 0 radical (unpaired) electrons. The maximum Gasteiger partial charge on any atom is 0.228 e. The third-order valence-electron chi connectivity index (χ3n) is 6.59. The van der Waals surface area contributed by atoms with E-state index in [2.05, 4.69) is 31.9 Å². The fourth-order valence-corrected chi connectivity index (χ4v) is 5.36. The Morgan fingerprint density at radius 3 is 2.54 bits per heavy atom. The second kappa shape index (κ2) is 12.0. The fraction of sp³-hybridized carbons (Fsp3) is 0.615. The predicted octanol–water partition coefficient (Wildman–Crippen LogP) is 4.65. The Morgan fingerprint density at radius 1 is 1.14 bits per heavy atom. The molecule has 8 nitrogen and oxygen atoms in total. The van der Waals surface area contributed by atoms with E-state index in [9.17, 15) is 9.59 Å². The number of piperidine rings is 1. The van der Waals surface area contributed by atoms with E-state index in [4.69, 9.17) is 4.74 Å². The lowest BCUT2D eigenvalue weighted by Crippen LogP contribution is -2.35. The number of ketones is 1. The molecule has 3 heterocycles. The van der Waals surface area contributed by atoms with E-state index in [-0.39, 0.29) is 23.5 Å². The molecular weight excluding hydrogens is 462 g/mol. The van der Waals surface area contributed by atoms with Gasteiger partial charge in [0.05, 0.1) is 18.4 Å². The number of carbonyl (C=O) groups excluding carboxylic acids is 2. The summed E-state index contributed by atoms with van der Waals surface area (Å²) in [7, 11) is 0. The molecule has 2 saturated heterocycles. The standard InChI is InChI=1S/C26H37N5O3S/c1-18(2)15-24(33)27-21-8-6-20(7-9-21)23(32)17-35-26-29-28-25(30-12-10-19(3)11-13-30)31(26)16-22-5-4-14-34-22/h6-9,18-19,22H,4-5,10-17H2,1-3H3,(H,27,33). The summed E-state index contributed by atoms with van der Waals surface area (Å²) in [5.41, 5.74) is 1.33. The molecular formula is C26H37N5O3S. The van der Waals surface area contributed by atoms with Crippen LogP contribution >= 0.6 is 11.8 Å². The van der Waals surface area contributed by atoms with Crippen molar-refractivity contribution in [2.45, 2.75) is 70.7 Å². The van der Waals surface area contributed by atoms with E-state index in [0.29, 0.717) is 23.6 Å². The number of thioether (sulfide) groups is 1. The van der Waals surface area contributed by atoms with E-state index in [0.717, 1.165) is 68.9 Å². The highest BCUT2D eigenvalue weighted by atomic mass is 32.2. The molecule has 1 amide bonds. The molecule has 1 atom stereocenters. The summed E-state index contributed by atoms with van der Waals surface area (Å²) >= 11 is 1.43. The molecule has 2 aliphatic rings. The Balaban J connectivity index is 1.40. The molecule has 9 heteroatoms. The van der Waals surface area contributed by atoms with Crippen molar-refractivity contribution in [1.29, 1.82) is 0 Å². The highest BCUT2D eigenvalue weighted by Gasteiger charge is 2.26. The van der Waals surface area contributed by atoms with Crippen LogP contribution in [-0.4, -0.2) is 58.0 Å². The smallest absolute Gasteiger partial charge is 0.228 e. The largest absolute Gasteiger partial charge is 0.376 e. The molecule has 1 N–H and O–H groups in total. The summed E-state index contributed by atoms with van der Waals surface area (Å²) in [6.07, 6.45) is 5.07. The van der Waals surface area contributed by atoms with Crippen LogP contribution in [0.25, 0.3) is 0 Å². The molecule has 2 fully saturated rings. The van der Waals surface area contributed by atoms with Crippen LogP contribution in [0.4, 0.5) is 11.6 Å². The summed E-state index contributed by atoms with van der Waals surface area (Å²) < 4.78 is 8.04. The molecule has 2 aromatic rings. The lowest BCUT2D eigenvalue weighted by Gasteiger charge is -2.31. The Bertz CT molecular complexity index is 993. The van der Waals surface area contributed by atoms with E-state index < -0.39 is 0 Å². The predicted molar refractivity (Wildman–Crippen MR) is 139 cm³/mol. The first-order valence-corrected chi connectivity index (χ1v) is 13.7. The maximum atomic E-state index is 12.9. The Hall–Kier alpha value is -2.39. The number of anilines is 2. The van der Waals surface area contributed by atoms with Crippen LogP contribution < -0.4 is 10.2 Å². The quantitative estimate of drug-likeness (QED) is 0.376. The first-order chi connectivity index (χ1) is 16.9. The first kappa shape index (κ1) is 25.7. The minimum Gasteiger partial charge on any atom is -0.376 e. The summed E-state index contributed by atoms with van der Waals surface area (Å²) in [6, 6.07) is 7.10. The van der Waals surface area contributed by atoms with Gasteiger partial charge in [-0.25, -0.2) is 0 Å². The van der Waals surface area contributed by atoms with Gasteiger partial charge in [-0.05, 0) is 61.8 Å². The number of hydrogen-bond donors (Lipinski definition) is 1. The second-order valence-corrected chi connectivity index (χ2v) is 11.1. The van der Waals surface area contributed by atoms with E-state index in [1.165, 1.54) is 11.8 Å². The number of benzene rings is 1. The Labute approximate surface area is 212 Å². The van der Waals surface area contributed by atoms with Gasteiger partial charge in [-0.2, -0.15) is 0 Å². The van der Waals surface area contributed by atoms with E-state index >= 15 is 0 Å². The number of nitrogens with one attached hydrogen (secondary N) is 1. The Morgan fingerprint density at radius 2 is 1.89 bits per heavy atom. The molecule has 2 aliphatic heterocycles. The van der Waals surface area contributed by atoms with Gasteiger partial charge in [-0.15, -0.1) is 10.2 Å². The average Bonchev–Trinajstić information content (AvgIpc) is 3.48. The van der Waals surface area contributed by atoms with Gasteiger partial charge in [0.2, 0.25) is 11.9 Å². The summed E-state index contributed by atoms with van der Waals surface area (Å²) in [5, 5.41) is 12.6. The molecule has 35 heavy (non-hydrogen) atoms. The number of carbonyl (C=O) groups is 2. The number of ether oxygens (including phenoxy) is 1. The van der Waals surface area contributed by atoms with Crippen molar-refractivity contribution in [2.75, 3.05) is 35.7 Å². The van der Waals surface area contributed by atoms with E-state index in [1.807, 2.05) is 13.8 Å². The highest BCUT2D eigenvalue weighted by molar-refractivity contribution is 7.99. The average molecular weight is 500 g/mol. The highest BCUT2D eigenvalue weighted by Crippen LogP contribution is 2.28. The number of hydrogen-bond acceptors (Lipinski definition) is 7. The third kappa shape index (κ3) is 7.07. The fourth-order valence-electron chi connectivity index (χ4n) is 4.52. The SMILES string of the molecule is CC(C)CC(=O)Nc1ccc(C(=O)CSc2nnc(N3CCC(C)CC3)n2CC2CCCO2)cc1. The first-order valence-electron chi connectivity index (χ1n) is 12.7. The molecule has 4 rings (SSSR count). The van der Waals surface area contributed by atoms with Crippen molar-refractivity contribution in [1.82, 2.24) is 14.8 Å². The van der Waals surface area contributed by atoms with Gasteiger partial charge in [0.15, 0.2) is 10.9 Å². The van der Waals surface area contributed by atoms with Crippen LogP contribution in [0, 0.1) is 11.8 Å². The minimum absolute atomic E-state index is 0.0147. The van der Waals surface area contributed by atoms with Crippen LogP contribution in [0.5, 0.6) is 0 Å². The summed E-state index contributed by atoms with van der Waals surface area (Å²) in [4.78, 5) is 27.2. The van der Waals surface area contributed by atoms with Crippen molar-refractivity contribution in [2.24, 2.45) is 11.8 Å². The number of rotatable bonds is 10. The van der Waals surface area contributed by atoms with Crippen LogP contribution in [0.3, 0.4) is 0 Å². The molecule has 1 unspecified atom stereocenters. The zero-order chi connectivity index (χ0) is 24.8. The zero-order valence-electron chi connectivity index (χ0n) is 21.0. The van der Waals surface area contributed by atoms with Crippen molar-refractivity contribution in [3.63, 3.8) is 0 Å². The van der Waals surface area contributed by atoms with Gasteiger partial charge in [-0.1, -0.05) is 32.5 Å². The number of amides is 1. The number of Topliss-reactive ketones (excluding diaryl/α,β-unsaturated/α-hetero) is 1. The minimum atomic E-state index is -0.0147. The molecule has 0 aliphatic carbocycles. The van der Waals surface area contributed by atoms with Gasteiger partial charge in [0.1, 0.15) is 0 Å². The lowest BCUT2D eigenvalue weighted by atomic mass is 10.00. The van der Waals surface area contributed by atoms with Crippen molar-refractivity contribution < 1.29 is 14.3 Å².